The van der Waals surface area contributed by atoms with Crippen molar-refractivity contribution < 1.29 is 23.1 Å². The van der Waals surface area contributed by atoms with Crippen molar-refractivity contribution in [3.63, 3.8) is 0 Å². The maximum atomic E-state index is 12.5. The fourth-order valence-corrected chi connectivity index (χ4v) is 1.81. The van der Waals surface area contributed by atoms with E-state index in [1.807, 2.05) is 0 Å². The molecule has 2 nitrogen and oxygen atoms in total. The molecule has 0 aliphatic heterocycles. The molecule has 108 valence electrons. The number of alkyl halides is 3. The van der Waals surface area contributed by atoms with E-state index in [4.69, 9.17) is 5.11 Å². The lowest BCUT2D eigenvalue weighted by atomic mass is 10.0. The molecule has 0 amide bonds. The summed E-state index contributed by atoms with van der Waals surface area (Å²) in [5.74, 6) is -1.04. The van der Waals surface area contributed by atoms with Gasteiger partial charge in [0.15, 0.2) is 0 Å². The fourth-order valence-electron chi connectivity index (χ4n) is 1.81. The Labute approximate surface area is 119 Å². The highest BCUT2D eigenvalue weighted by molar-refractivity contribution is 5.85. The van der Waals surface area contributed by atoms with Gasteiger partial charge in [-0.3, -0.25) is 0 Å². The number of benzene rings is 2. The molecule has 2 aromatic carbocycles. The summed E-state index contributed by atoms with van der Waals surface area (Å²) in [7, 11) is 0. The van der Waals surface area contributed by atoms with Crippen molar-refractivity contribution in [2.24, 2.45) is 0 Å². The van der Waals surface area contributed by atoms with E-state index in [9.17, 15) is 18.0 Å². The lowest BCUT2D eigenvalue weighted by molar-refractivity contribution is -0.137. The third kappa shape index (κ3) is 3.95. The molecule has 0 aliphatic carbocycles. The molecule has 0 atom stereocenters. The molecule has 0 aromatic heterocycles. The summed E-state index contributed by atoms with van der Waals surface area (Å²) in [6.45, 7) is 0. The Morgan fingerprint density at radius 1 is 0.905 bits per heavy atom. The Morgan fingerprint density at radius 3 is 1.81 bits per heavy atom. The van der Waals surface area contributed by atoms with E-state index in [0.717, 1.165) is 23.8 Å². The summed E-state index contributed by atoms with van der Waals surface area (Å²) in [6, 6.07) is 11.7. The van der Waals surface area contributed by atoms with Crippen LogP contribution in [0.2, 0.25) is 0 Å². The minimum atomic E-state index is -4.34. The summed E-state index contributed by atoms with van der Waals surface area (Å²) in [5, 5.41) is 8.52. The quantitative estimate of drug-likeness (QED) is 0.847. The van der Waals surface area contributed by atoms with Crippen LogP contribution >= 0.6 is 0 Å². The topological polar surface area (TPSA) is 37.3 Å². The smallest absolute Gasteiger partial charge is 0.416 e. The Morgan fingerprint density at radius 2 is 1.38 bits per heavy atom. The first kappa shape index (κ1) is 14.8. The first-order valence-electron chi connectivity index (χ1n) is 6.05. The summed E-state index contributed by atoms with van der Waals surface area (Å²) in [6.07, 6.45) is -1.88. The number of hydrogen-bond donors (Lipinski definition) is 1. The normalized spacial score (nSPS) is 11.8. The van der Waals surface area contributed by atoms with E-state index in [0.29, 0.717) is 11.1 Å². The molecule has 21 heavy (non-hydrogen) atoms. The molecule has 0 aliphatic rings. The Balaban J connectivity index is 2.21. The zero-order valence-corrected chi connectivity index (χ0v) is 10.8. The zero-order chi connectivity index (χ0) is 15.5. The monoisotopic (exact) mass is 292 g/mol. The zero-order valence-electron chi connectivity index (χ0n) is 10.8. The van der Waals surface area contributed by atoms with Crippen molar-refractivity contribution in [1.29, 1.82) is 0 Å². The molecular weight excluding hydrogens is 281 g/mol. The predicted molar refractivity (Wildman–Crippen MR) is 73.5 cm³/mol. The van der Waals surface area contributed by atoms with E-state index < -0.39 is 17.7 Å². The van der Waals surface area contributed by atoms with Crippen molar-refractivity contribution in [3.8, 4) is 11.1 Å². The maximum Gasteiger partial charge on any atom is 0.416 e. The predicted octanol–water partition coefficient (Wildman–Crippen LogP) is 4.47. The van der Waals surface area contributed by atoms with Crippen LogP contribution in [0, 0.1) is 0 Å². The van der Waals surface area contributed by atoms with Crippen molar-refractivity contribution in [2.75, 3.05) is 0 Å². The van der Waals surface area contributed by atoms with Gasteiger partial charge in [-0.25, -0.2) is 4.79 Å². The van der Waals surface area contributed by atoms with Gasteiger partial charge in [-0.1, -0.05) is 36.4 Å². The van der Waals surface area contributed by atoms with Gasteiger partial charge in [0.2, 0.25) is 0 Å². The van der Waals surface area contributed by atoms with Gasteiger partial charge in [-0.05, 0) is 34.9 Å². The molecule has 0 spiro atoms. The van der Waals surface area contributed by atoms with Gasteiger partial charge in [0.25, 0.3) is 0 Å². The van der Waals surface area contributed by atoms with Gasteiger partial charge in [0.05, 0.1) is 5.56 Å². The molecule has 0 radical (unpaired) electrons. The summed E-state index contributed by atoms with van der Waals surface area (Å²) in [5.41, 5.74) is 1.44. The van der Waals surface area contributed by atoms with Crippen LogP contribution in [-0.4, -0.2) is 11.1 Å². The molecule has 5 heteroatoms. The van der Waals surface area contributed by atoms with Crippen molar-refractivity contribution in [1.82, 2.24) is 0 Å². The first-order chi connectivity index (χ1) is 9.86. The standard InChI is InChI=1S/C16H11F3O2/c17-16(18,19)14-8-6-13(7-9-14)12-4-1-11(2-5-12)3-10-15(20)21/h1-10H,(H,20,21)/b10-3+. The number of carboxylic acid groups (broad SMARTS) is 1. The minimum Gasteiger partial charge on any atom is -0.478 e. The molecule has 0 heterocycles. The second-order valence-corrected chi connectivity index (χ2v) is 4.37. The van der Waals surface area contributed by atoms with Crippen LogP contribution < -0.4 is 0 Å². The molecular formula is C16H11F3O2. The molecule has 0 saturated carbocycles. The highest BCUT2D eigenvalue weighted by Crippen LogP contribution is 2.31. The Bertz CT molecular complexity index is 653. The van der Waals surface area contributed by atoms with Gasteiger partial charge in [-0.15, -0.1) is 0 Å². The Kier molecular flexibility index (Phi) is 4.12. The fraction of sp³-hybridized carbons (Fsp3) is 0.0625. The summed E-state index contributed by atoms with van der Waals surface area (Å²) in [4.78, 5) is 10.4. The highest BCUT2D eigenvalue weighted by atomic mass is 19.4. The van der Waals surface area contributed by atoms with Crippen LogP contribution in [0.5, 0.6) is 0 Å². The van der Waals surface area contributed by atoms with Gasteiger partial charge >= 0.3 is 12.1 Å². The Hall–Kier alpha value is -2.56. The highest BCUT2D eigenvalue weighted by Gasteiger charge is 2.29. The average molecular weight is 292 g/mol. The lowest BCUT2D eigenvalue weighted by Gasteiger charge is -2.08. The number of carboxylic acids is 1. The molecule has 2 rings (SSSR count). The molecule has 0 saturated heterocycles. The summed E-state index contributed by atoms with van der Waals surface area (Å²) >= 11 is 0. The van der Waals surface area contributed by atoms with Gasteiger partial charge in [-0.2, -0.15) is 13.2 Å². The number of aliphatic carboxylic acids is 1. The van der Waals surface area contributed by atoms with Crippen LogP contribution in [0.25, 0.3) is 17.2 Å². The number of halogens is 3. The van der Waals surface area contributed by atoms with Gasteiger partial charge in [0.1, 0.15) is 0 Å². The molecule has 0 unspecified atom stereocenters. The SMILES string of the molecule is O=C(O)/C=C/c1ccc(-c2ccc(C(F)(F)F)cc2)cc1. The third-order valence-electron chi connectivity index (χ3n) is 2.87. The molecule has 1 N–H and O–H groups in total. The molecule has 2 aromatic rings. The average Bonchev–Trinajstić information content (AvgIpc) is 2.45. The van der Waals surface area contributed by atoms with Crippen molar-refractivity contribution in [2.45, 2.75) is 6.18 Å². The number of rotatable bonds is 3. The number of carbonyl (C=O) groups is 1. The van der Waals surface area contributed by atoms with Gasteiger partial charge < -0.3 is 5.11 Å². The minimum absolute atomic E-state index is 0.664. The van der Waals surface area contributed by atoms with E-state index in [-0.39, 0.29) is 0 Å². The van der Waals surface area contributed by atoms with Crippen LogP contribution in [-0.2, 0) is 11.0 Å². The van der Waals surface area contributed by atoms with E-state index in [1.54, 1.807) is 24.3 Å². The lowest BCUT2D eigenvalue weighted by Crippen LogP contribution is -2.03. The van der Waals surface area contributed by atoms with Crippen LogP contribution in [0.4, 0.5) is 13.2 Å². The van der Waals surface area contributed by atoms with E-state index in [1.165, 1.54) is 18.2 Å². The van der Waals surface area contributed by atoms with Crippen molar-refractivity contribution >= 4 is 12.0 Å². The van der Waals surface area contributed by atoms with E-state index >= 15 is 0 Å². The van der Waals surface area contributed by atoms with Crippen LogP contribution in [0.1, 0.15) is 11.1 Å². The number of hydrogen-bond acceptors (Lipinski definition) is 1. The maximum absolute atomic E-state index is 12.5. The first-order valence-corrected chi connectivity index (χ1v) is 6.05. The third-order valence-corrected chi connectivity index (χ3v) is 2.87. The van der Waals surface area contributed by atoms with Crippen molar-refractivity contribution in [3.05, 3.63) is 65.7 Å². The van der Waals surface area contributed by atoms with Crippen LogP contribution in [0.15, 0.2) is 54.6 Å². The second kappa shape index (κ2) is 5.83. The van der Waals surface area contributed by atoms with Gasteiger partial charge in [0, 0.05) is 6.08 Å². The van der Waals surface area contributed by atoms with Crippen LogP contribution in [0.3, 0.4) is 0 Å². The molecule has 0 fully saturated rings. The second-order valence-electron chi connectivity index (χ2n) is 4.37. The summed E-state index contributed by atoms with van der Waals surface area (Å²) < 4.78 is 37.4. The van der Waals surface area contributed by atoms with E-state index in [2.05, 4.69) is 0 Å². The molecule has 0 bridgehead atoms. The largest absolute Gasteiger partial charge is 0.478 e.